The van der Waals surface area contributed by atoms with Gasteiger partial charge >= 0.3 is 0 Å². The third-order valence-electron chi connectivity index (χ3n) is 4.75. The van der Waals surface area contributed by atoms with Gasteiger partial charge in [-0.2, -0.15) is 0 Å². The summed E-state index contributed by atoms with van der Waals surface area (Å²) in [6.07, 6.45) is 2.25. The van der Waals surface area contributed by atoms with Crippen LogP contribution < -0.4 is 20.7 Å². The van der Waals surface area contributed by atoms with Crippen LogP contribution in [0.25, 0.3) is 0 Å². The normalized spacial score (nSPS) is 12.6. The molecule has 1 unspecified atom stereocenters. The third kappa shape index (κ3) is 10.2. The Morgan fingerprint density at radius 2 is 1.83 bits per heavy atom. The van der Waals surface area contributed by atoms with Crippen LogP contribution in [-0.2, 0) is 0 Å². The van der Waals surface area contributed by atoms with Gasteiger partial charge in [0.05, 0.1) is 13.7 Å². The van der Waals surface area contributed by atoms with Gasteiger partial charge in [0.1, 0.15) is 5.75 Å². The van der Waals surface area contributed by atoms with Crippen molar-refractivity contribution in [2.75, 3.05) is 46.4 Å². The first-order valence-corrected chi connectivity index (χ1v) is 10.7. The van der Waals surface area contributed by atoms with Gasteiger partial charge in [-0.25, -0.2) is 0 Å². The maximum absolute atomic E-state index is 12.2. The highest BCUT2D eigenvalue weighted by Crippen LogP contribution is 2.10. The number of amides is 1. The second-order valence-corrected chi connectivity index (χ2v) is 6.96. The largest absolute Gasteiger partial charge is 0.497 e. The fraction of sp³-hybridized carbons (Fsp3) is 0.636. The first-order valence-electron chi connectivity index (χ1n) is 10.7. The van der Waals surface area contributed by atoms with Gasteiger partial charge in [0.15, 0.2) is 5.96 Å². The molecule has 0 spiro atoms. The molecule has 0 heterocycles. The minimum Gasteiger partial charge on any atom is -0.497 e. The highest BCUT2D eigenvalue weighted by molar-refractivity contribution is 5.94. The number of aliphatic imine (C=N–C) groups is 1. The van der Waals surface area contributed by atoms with E-state index < -0.39 is 0 Å². The average molecular weight is 406 g/mol. The zero-order valence-electron chi connectivity index (χ0n) is 18.8. The zero-order valence-corrected chi connectivity index (χ0v) is 18.8. The van der Waals surface area contributed by atoms with E-state index in [2.05, 4.69) is 46.6 Å². The van der Waals surface area contributed by atoms with Crippen LogP contribution in [0.15, 0.2) is 29.3 Å². The second-order valence-electron chi connectivity index (χ2n) is 6.96. The number of carbonyl (C=O) groups excluding carboxylic acids is 1. The molecular formula is C22H39N5O2. The summed E-state index contributed by atoms with van der Waals surface area (Å²) in [5, 5.41) is 9.62. The second kappa shape index (κ2) is 14.7. The molecule has 0 saturated heterocycles. The van der Waals surface area contributed by atoms with Crippen LogP contribution in [0.4, 0.5) is 0 Å². The predicted molar refractivity (Wildman–Crippen MR) is 121 cm³/mol. The van der Waals surface area contributed by atoms with Crippen molar-refractivity contribution in [3.8, 4) is 5.75 Å². The molecule has 7 heteroatoms. The lowest BCUT2D eigenvalue weighted by Gasteiger charge is -2.21. The van der Waals surface area contributed by atoms with Crippen molar-refractivity contribution in [1.29, 1.82) is 0 Å². The van der Waals surface area contributed by atoms with Crippen molar-refractivity contribution < 1.29 is 9.53 Å². The summed E-state index contributed by atoms with van der Waals surface area (Å²) in [5.41, 5.74) is 0.613. The van der Waals surface area contributed by atoms with Gasteiger partial charge in [0.25, 0.3) is 5.91 Å². The van der Waals surface area contributed by atoms with Crippen molar-refractivity contribution in [2.24, 2.45) is 4.99 Å². The Hall–Kier alpha value is -2.28. The molecule has 1 aromatic rings. The third-order valence-corrected chi connectivity index (χ3v) is 4.75. The smallest absolute Gasteiger partial charge is 0.251 e. The molecule has 0 saturated carbocycles. The highest BCUT2D eigenvalue weighted by Gasteiger charge is 2.07. The molecule has 0 aromatic heterocycles. The number of ether oxygens (including phenoxy) is 1. The van der Waals surface area contributed by atoms with Gasteiger partial charge in [0, 0.05) is 24.7 Å². The summed E-state index contributed by atoms with van der Waals surface area (Å²) in [5.74, 6) is 1.42. The molecule has 7 nitrogen and oxygen atoms in total. The maximum atomic E-state index is 12.2. The Morgan fingerprint density at radius 1 is 1.14 bits per heavy atom. The van der Waals surface area contributed by atoms with E-state index >= 15 is 0 Å². The van der Waals surface area contributed by atoms with E-state index in [-0.39, 0.29) is 5.91 Å². The standard InChI is InChI=1S/C22H39N5O2/c1-6-23-22(26-18(4)10-9-17-27(7-2)8-3)25-16-15-24-21(28)19-11-13-20(29-5)14-12-19/h11-14,18H,6-10,15-17H2,1-5H3,(H,24,28)(H2,23,25,26). The first-order chi connectivity index (χ1) is 14.0. The lowest BCUT2D eigenvalue weighted by Crippen LogP contribution is -2.43. The molecule has 0 fully saturated rings. The lowest BCUT2D eigenvalue weighted by atomic mass is 10.2. The molecule has 1 rings (SSSR count). The minimum atomic E-state index is -0.106. The van der Waals surface area contributed by atoms with Gasteiger partial charge in [-0.15, -0.1) is 0 Å². The summed E-state index contributed by atoms with van der Waals surface area (Å²) in [6, 6.07) is 7.41. The van der Waals surface area contributed by atoms with Crippen molar-refractivity contribution in [3.05, 3.63) is 29.8 Å². The molecule has 0 aliphatic heterocycles. The molecule has 29 heavy (non-hydrogen) atoms. The Balaban J connectivity index is 2.39. The van der Waals surface area contributed by atoms with Crippen LogP contribution in [0.3, 0.4) is 0 Å². The predicted octanol–water partition coefficient (Wildman–Crippen LogP) is 2.49. The molecule has 1 atom stereocenters. The van der Waals surface area contributed by atoms with Gasteiger partial charge < -0.3 is 25.6 Å². The first kappa shape index (κ1) is 24.8. The fourth-order valence-electron chi connectivity index (χ4n) is 2.97. The molecule has 1 aromatic carbocycles. The quantitative estimate of drug-likeness (QED) is 0.267. The van der Waals surface area contributed by atoms with Crippen LogP contribution in [0, 0.1) is 0 Å². The van der Waals surface area contributed by atoms with Gasteiger partial charge in [-0.3, -0.25) is 9.79 Å². The van der Waals surface area contributed by atoms with E-state index in [0.717, 1.165) is 50.7 Å². The number of benzene rings is 1. The van der Waals surface area contributed by atoms with Gasteiger partial charge in [-0.05, 0) is 70.6 Å². The topological polar surface area (TPSA) is 78.0 Å². The van der Waals surface area contributed by atoms with E-state index in [9.17, 15) is 4.79 Å². The lowest BCUT2D eigenvalue weighted by molar-refractivity contribution is 0.0954. The number of guanidine groups is 1. The number of rotatable bonds is 13. The van der Waals surface area contributed by atoms with Crippen LogP contribution in [0.1, 0.15) is 50.9 Å². The van der Waals surface area contributed by atoms with Crippen molar-refractivity contribution in [2.45, 2.75) is 46.6 Å². The Kier molecular flexibility index (Phi) is 12.5. The molecular weight excluding hydrogens is 366 g/mol. The highest BCUT2D eigenvalue weighted by atomic mass is 16.5. The summed E-state index contributed by atoms with van der Waals surface area (Å²) < 4.78 is 5.11. The number of hydrogen-bond donors (Lipinski definition) is 3. The number of nitrogens with one attached hydrogen (secondary N) is 3. The van der Waals surface area contributed by atoms with Crippen molar-refractivity contribution in [3.63, 3.8) is 0 Å². The summed E-state index contributed by atoms with van der Waals surface area (Å²) in [4.78, 5) is 19.2. The van der Waals surface area contributed by atoms with Gasteiger partial charge in [0.2, 0.25) is 0 Å². The van der Waals surface area contributed by atoms with Crippen LogP contribution >= 0.6 is 0 Å². The number of nitrogens with zero attached hydrogens (tertiary/aromatic N) is 2. The Bertz CT molecular complexity index is 600. The molecule has 0 aliphatic carbocycles. The van der Waals surface area contributed by atoms with E-state index in [1.54, 1.807) is 31.4 Å². The van der Waals surface area contributed by atoms with Gasteiger partial charge in [-0.1, -0.05) is 13.8 Å². The molecule has 0 aliphatic rings. The maximum Gasteiger partial charge on any atom is 0.251 e. The number of carbonyl (C=O) groups is 1. The summed E-state index contributed by atoms with van der Waals surface area (Å²) in [7, 11) is 1.61. The monoisotopic (exact) mass is 405 g/mol. The molecule has 1 amide bonds. The Labute approximate surface area is 176 Å². The van der Waals surface area contributed by atoms with Crippen LogP contribution in [0.5, 0.6) is 5.75 Å². The van der Waals surface area contributed by atoms with E-state index in [0.29, 0.717) is 24.7 Å². The number of hydrogen-bond acceptors (Lipinski definition) is 4. The SMILES string of the molecule is CCNC(=NCCNC(=O)c1ccc(OC)cc1)NC(C)CCCN(CC)CC. The molecule has 164 valence electrons. The van der Waals surface area contributed by atoms with Crippen molar-refractivity contribution >= 4 is 11.9 Å². The Morgan fingerprint density at radius 3 is 2.41 bits per heavy atom. The van der Waals surface area contributed by atoms with Crippen molar-refractivity contribution in [1.82, 2.24) is 20.9 Å². The molecule has 3 N–H and O–H groups in total. The van der Waals surface area contributed by atoms with Crippen LogP contribution in [-0.4, -0.2) is 69.2 Å². The summed E-state index contributed by atoms with van der Waals surface area (Å²) in [6.45, 7) is 13.8. The molecule has 0 bridgehead atoms. The minimum absolute atomic E-state index is 0.106. The van der Waals surface area contributed by atoms with E-state index in [1.165, 1.54) is 0 Å². The van der Waals surface area contributed by atoms with Crippen LogP contribution in [0.2, 0.25) is 0 Å². The van der Waals surface area contributed by atoms with E-state index in [1.807, 2.05) is 6.92 Å². The average Bonchev–Trinajstić information content (AvgIpc) is 2.74. The zero-order chi connectivity index (χ0) is 21.5. The molecule has 0 radical (unpaired) electrons. The fourth-order valence-corrected chi connectivity index (χ4v) is 2.97. The summed E-state index contributed by atoms with van der Waals surface area (Å²) >= 11 is 0. The van der Waals surface area contributed by atoms with E-state index in [4.69, 9.17) is 4.74 Å². The number of methoxy groups -OCH3 is 1.